The molecule has 0 bridgehead atoms. The van der Waals surface area contributed by atoms with Crippen molar-refractivity contribution in [2.24, 2.45) is 0 Å². The average Bonchev–Trinajstić information content (AvgIpc) is 2.63. The third-order valence-electron chi connectivity index (χ3n) is 3.96. The van der Waals surface area contributed by atoms with Crippen LogP contribution in [0.15, 0.2) is 48.5 Å². The van der Waals surface area contributed by atoms with Crippen LogP contribution in [0.25, 0.3) is 0 Å². The molecule has 27 heavy (non-hydrogen) atoms. The fourth-order valence-corrected chi connectivity index (χ4v) is 2.72. The number of nitrogens with one attached hydrogen (secondary N) is 2. The lowest BCUT2D eigenvalue weighted by Gasteiger charge is -2.10. The van der Waals surface area contributed by atoms with Gasteiger partial charge in [-0.05, 0) is 43.2 Å². The van der Waals surface area contributed by atoms with Crippen LogP contribution in [-0.4, -0.2) is 15.9 Å². The van der Waals surface area contributed by atoms with Crippen molar-refractivity contribution in [2.75, 3.05) is 5.32 Å². The van der Waals surface area contributed by atoms with Crippen molar-refractivity contribution in [3.8, 4) is 0 Å². The first-order chi connectivity index (χ1) is 12.9. The van der Waals surface area contributed by atoms with Gasteiger partial charge in [-0.15, -0.1) is 0 Å². The van der Waals surface area contributed by atoms with Gasteiger partial charge < -0.3 is 10.6 Å². The van der Waals surface area contributed by atoms with E-state index in [0.29, 0.717) is 23.9 Å². The summed E-state index contributed by atoms with van der Waals surface area (Å²) in [6, 6.07) is 13.6. The summed E-state index contributed by atoms with van der Waals surface area (Å²) in [5.74, 6) is 0.0572. The number of amides is 1. The lowest BCUT2D eigenvalue weighted by molar-refractivity contribution is 0.0945. The molecule has 0 atom stereocenters. The maximum absolute atomic E-state index is 13.3. The first-order valence-corrected chi connectivity index (χ1v) is 8.70. The first-order valence-electron chi connectivity index (χ1n) is 8.33. The third-order valence-corrected chi connectivity index (χ3v) is 4.25. The molecule has 2 N–H and O–H groups in total. The van der Waals surface area contributed by atoms with Gasteiger partial charge in [0.25, 0.3) is 5.91 Å². The van der Waals surface area contributed by atoms with Gasteiger partial charge in [-0.2, -0.15) is 0 Å². The Morgan fingerprint density at radius 1 is 1.11 bits per heavy atom. The highest BCUT2D eigenvalue weighted by atomic mass is 35.5. The van der Waals surface area contributed by atoms with Gasteiger partial charge in [0, 0.05) is 18.3 Å². The Bertz CT molecular complexity index is 993. The number of carbonyl (C=O) groups is 1. The quantitative estimate of drug-likeness (QED) is 0.676. The van der Waals surface area contributed by atoms with E-state index in [4.69, 9.17) is 11.6 Å². The van der Waals surface area contributed by atoms with Crippen LogP contribution in [0.3, 0.4) is 0 Å². The van der Waals surface area contributed by atoms with E-state index in [0.717, 1.165) is 11.1 Å². The molecule has 0 unspecified atom stereocenters. The van der Waals surface area contributed by atoms with E-state index < -0.39 is 5.82 Å². The largest absolute Gasteiger partial charge is 0.347 e. The zero-order valence-electron chi connectivity index (χ0n) is 14.9. The number of aromatic nitrogens is 2. The van der Waals surface area contributed by atoms with Crippen molar-refractivity contribution in [3.63, 3.8) is 0 Å². The van der Waals surface area contributed by atoms with E-state index in [1.54, 1.807) is 6.92 Å². The molecule has 0 aliphatic rings. The van der Waals surface area contributed by atoms with Crippen LogP contribution in [-0.2, 0) is 6.54 Å². The molecule has 0 radical (unpaired) electrons. The van der Waals surface area contributed by atoms with Gasteiger partial charge in [0.05, 0.1) is 5.02 Å². The van der Waals surface area contributed by atoms with Gasteiger partial charge in [0.2, 0.25) is 0 Å². The fourth-order valence-electron chi connectivity index (χ4n) is 2.54. The van der Waals surface area contributed by atoms with Crippen molar-refractivity contribution in [1.82, 2.24) is 15.3 Å². The van der Waals surface area contributed by atoms with Crippen LogP contribution in [0.4, 0.5) is 15.9 Å². The molecular weight excluding hydrogens is 367 g/mol. The molecule has 0 aliphatic heterocycles. The zero-order chi connectivity index (χ0) is 19.4. The second kappa shape index (κ2) is 8.14. The van der Waals surface area contributed by atoms with Crippen LogP contribution < -0.4 is 10.6 Å². The van der Waals surface area contributed by atoms with E-state index in [2.05, 4.69) is 20.6 Å². The molecule has 0 saturated carbocycles. The summed E-state index contributed by atoms with van der Waals surface area (Å²) in [4.78, 5) is 20.9. The van der Waals surface area contributed by atoms with Crippen molar-refractivity contribution in [1.29, 1.82) is 0 Å². The molecule has 1 heterocycles. The van der Waals surface area contributed by atoms with E-state index >= 15 is 0 Å². The highest BCUT2D eigenvalue weighted by Gasteiger charge is 2.11. The fraction of sp³-hybridized carbons (Fsp3) is 0.150. The molecule has 1 amide bonds. The van der Waals surface area contributed by atoms with Crippen LogP contribution in [0.5, 0.6) is 0 Å². The van der Waals surface area contributed by atoms with Crippen LogP contribution in [0.1, 0.15) is 27.4 Å². The zero-order valence-corrected chi connectivity index (χ0v) is 15.6. The number of rotatable bonds is 5. The number of nitrogens with zero attached hydrogens (tertiary/aromatic N) is 2. The van der Waals surface area contributed by atoms with Gasteiger partial charge in [-0.3, -0.25) is 4.79 Å². The van der Waals surface area contributed by atoms with E-state index in [1.807, 2.05) is 31.2 Å². The lowest BCUT2D eigenvalue weighted by Crippen LogP contribution is -2.24. The number of hydrogen-bond donors (Lipinski definition) is 2. The highest BCUT2D eigenvalue weighted by Crippen LogP contribution is 2.22. The summed E-state index contributed by atoms with van der Waals surface area (Å²) in [5.41, 5.74) is 2.95. The van der Waals surface area contributed by atoms with Crippen molar-refractivity contribution < 1.29 is 9.18 Å². The second-order valence-corrected chi connectivity index (χ2v) is 6.46. The lowest BCUT2D eigenvalue weighted by atomic mass is 10.1. The number of benzene rings is 2. The maximum atomic E-state index is 13.3. The second-order valence-electron chi connectivity index (χ2n) is 6.05. The molecule has 5 nitrogen and oxygen atoms in total. The standard InChI is InChI=1S/C20H18ClFN4O/c1-12-5-3-4-6-14(12)11-23-20(27)18-10-19(25-13(2)24-18)26-15-7-8-17(22)16(21)9-15/h3-10H,11H2,1-2H3,(H,23,27)(H,24,25,26). The van der Waals surface area contributed by atoms with E-state index in [-0.39, 0.29) is 16.6 Å². The predicted octanol–water partition coefficient (Wildman–Crippen LogP) is 4.56. The summed E-state index contributed by atoms with van der Waals surface area (Å²) >= 11 is 5.79. The molecule has 0 fully saturated rings. The molecule has 1 aromatic heterocycles. The number of halogens is 2. The first kappa shape index (κ1) is 18.8. The van der Waals surface area contributed by atoms with Gasteiger partial charge in [0.15, 0.2) is 0 Å². The number of anilines is 2. The molecule has 7 heteroatoms. The smallest absolute Gasteiger partial charge is 0.270 e. The summed E-state index contributed by atoms with van der Waals surface area (Å²) in [5, 5.41) is 5.87. The number of carbonyl (C=O) groups excluding carboxylic acids is 1. The van der Waals surface area contributed by atoms with Crippen molar-refractivity contribution in [3.05, 3.63) is 82.0 Å². The van der Waals surface area contributed by atoms with Crippen LogP contribution in [0.2, 0.25) is 5.02 Å². The topological polar surface area (TPSA) is 66.9 Å². The number of hydrogen-bond acceptors (Lipinski definition) is 4. The number of aryl methyl sites for hydroxylation is 2. The third kappa shape index (κ3) is 4.80. The van der Waals surface area contributed by atoms with E-state index in [9.17, 15) is 9.18 Å². The molecule has 0 saturated heterocycles. The minimum atomic E-state index is -0.502. The average molecular weight is 385 g/mol. The van der Waals surface area contributed by atoms with Crippen molar-refractivity contribution in [2.45, 2.75) is 20.4 Å². The summed E-state index contributed by atoms with van der Waals surface area (Å²) in [6.45, 7) is 4.10. The van der Waals surface area contributed by atoms with Gasteiger partial charge in [-0.1, -0.05) is 35.9 Å². The Balaban J connectivity index is 1.75. The molecular formula is C20H18ClFN4O. The molecule has 3 rings (SSSR count). The Hall–Kier alpha value is -2.99. The summed E-state index contributed by atoms with van der Waals surface area (Å²) < 4.78 is 13.3. The van der Waals surface area contributed by atoms with E-state index in [1.165, 1.54) is 24.3 Å². The Kier molecular flexibility index (Phi) is 5.66. The summed E-state index contributed by atoms with van der Waals surface area (Å²) in [7, 11) is 0. The molecule has 0 spiro atoms. The Morgan fingerprint density at radius 2 is 1.89 bits per heavy atom. The molecule has 2 aromatic carbocycles. The summed E-state index contributed by atoms with van der Waals surface area (Å²) in [6.07, 6.45) is 0. The maximum Gasteiger partial charge on any atom is 0.270 e. The van der Waals surface area contributed by atoms with Crippen LogP contribution >= 0.6 is 11.6 Å². The molecule has 0 aliphatic carbocycles. The van der Waals surface area contributed by atoms with Crippen LogP contribution in [0, 0.1) is 19.7 Å². The SMILES string of the molecule is Cc1nc(Nc2ccc(F)c(Cl)c2)cc(C(=O)NCc2ccccc2C)n1. The van der Waals surface area contributed by atoms with Gasteiger partial charge in [0.1, 0.15) is 23.2 Å². The molecule has 3 aromatic rings. The van der Waals surface area contributed by atoms with Gasteiger partial charge >= 0.3 is 0 Å². The normalized spacial score (nSPS) is 10.5. The predicted molar refractivity (Wildman–Crippen MR) is 104 cm³/mol. The monoisotopic (exact) mass is 384 g/mol. The minimum Gasteiger partial charge on any atom is -0.347 e. The Labute approximate surface area is 161 Å². The molecule has 138 valence electrons. The van der Waals surface area contributed by atoms with Gasteiger partial charge in [-0.25, -0.2) is 14.4 Å². The minimum absolute atomic E-state index is 0.00183. The highest BCUT2D eigenvalue weighted by molar-refractivity contribution is 6.31. The Morgan fingerprint density at radius 3 is 2.63 bits per heavy atom. The van der Waals surface area contributed by atoms with Crippen molar-refractivity contribution >= 4 is 29.0 Å².